The Morgan fingerprint density at radius 1 is 1.19 bits per heavy atom. The van der Waals surface area contributed by atoms with Gasteiger partial charge in [0.15, 0.2) is 0 Å². The van der Waals surface area contributed by atoms with Gasteiger partial charge in [-0.1, -0.05) is 45.0 Å². The summed E-state index contributed by atoms with van der Waals surface area (Å²) in [6, 6.07) is 9.50. The van der Waals surface area contributed by atoms with Crippen molar-refractivity contribution in [3.63, 3.8) is 0 Å². The summed E-state index contributed by atoms with van der Waals surface area (Å²) in [5.74, 6) is 1.28. The number of rotatable bonds is 5. The van der Waals surface area contributed by atoms with Gasteiger partial charge in [0, 0.05) is 12.1 Å². The number of benzene rings is 1. The molecule has 1 N–H and O–H groups in total. The van der Waals surface area contributed by atoms with Crippen molar-refractivity contribution in [3.8, 4) is 0 Å². The van der Waals surface area contributed by atoms with Crippen LogP contribution in [0.1, 0.15) is 69.6 Å². The predicted molar refractivity (Wildman–Crippen MR) is 87.4 cm³/mol. The third-order valence-electron chi connectivity index (χ3n) is 5.21. The molecular weight excluding hydrogens is 258 g/mol. The van der Waals surface area contributed by atoms with E-state index in [4.69, 9.17) is 0 Å². The van der Waals surface area contributed by atoms with Crippen LogP contribution in [0.2, 0.25) is 0 Å². The lowest BCUT2D eigenvalue weighted by Crippen LogP contribution is -2.45. The van der Waals surface area contributed by atoms with Gasteiger partial charge in [-0.05, 0) is 55.2 Å². The molecule has 2 aliphatic carbocycles. The summed E-state index contributed by atoms with van der Waals surface area (Å²) in [7, 11) is 0. The summed E-state index contributed by atoms with van der Waals surface area (Å²) in [6.07, 6.45) is 4.64. The number of hydrogen-bond donors (Lipinski definition) is 1. The number of hydrogen-bond acceptors (Lipinski definition) is 2. The first-order valence-electron chi connectivity index (χ1n) is 8.60. The molecule has 0 radical (unpaired) electrons. The van der Waals surface area contributed by atoms with E-state index in [2.05, 4.69) is 49.9 Å². The van der Waals surface area contributed by atoms with E-state index >= 15 is 0 Å². The number of aliphatic hydroxyl groups is 1. The highest BCUT2D eigenvalue weighted by molar-refractivity contribution is 5.35. The Bertz CT molecular complexity index is 480. The van der Waals surface area contributed by atoms with E-state index in [0.29, 0.717) is 12.0 Å². The second kappa shape index (κ2) is 6.10. The van der Waals surface area contributed by atoms with Crippen LogP contribution in [0.25, 0.3) is 0 Å². The van der Waals surface area contributed by atoms with E-state index in [1.165, 1.54) is 24.8 Å². The highest BCUT2D eigenvalue weighted by atomic mass is 16.3. The molecule has 1 aromatic carbocycles. The van der Waals surface area contributed by atoms with Gasteiger partial charge in [-0.15, -0.1) is 0 Å². The van der Waals surface area contributed by atoms with E-state index in [0.717, 1.165) is 30.5 Å². The Kier molecular flexibility index (Phi) is 4.37. The topological polar surface area (TPSA) is 23.5 Å². The van der Waals surface area contributed by atoms with Crippen LogP contribution in [0.5, 0.6) is 0 Å². The summed E-state index contributed by atoms with van der Waals surface area (Å²) in [4.78, 5) is 2.62. The Hall–Kier alpha value is -0.860. The molecule has 0 saturated heterocycles. The fourth-order valence-corrected chi connectivity index (χ4v) is 3.80. The van der Waals surface area contributed by atoms with Crippen molar-refractivity contribution in [3.05, 3.63) is 35.4 Å². The fraction of sp³-hybridized carbons (Fsp3) is 0.684. The summed E-state index contributed by atoms with van der Waals surface area (Å²) in [6.45, 7) is 8.03. The van der Waals surface area contributed by atoms with Gasteiger partial charge < -0.3 is 5.11 Å². The van der Waals surface area contributed by atoms with Gasteiger partial charge >= 0.3 is 0 Å². The largest absolute Gasteiger partial charge is 0.387 e. The lowest BCUT2D eigenvalue weighted by molar-refractivity contribution is 0.0240. The molecular formula is C19H29NO. The van der Waals surface area contributed by atoms with Crippen LogP contribution in [-0.2, 0) is 0 Å². The van der Waals surface area contributed by atoms with Gasteiger partial charge in [0.2, 0.25) is 0 Å². The third kappa shape index (κ3) is 3.17. The van der Waals surface area contributed by atoms with Crippen molar-refractivity contribution in [1.29, 1.82) is 0 Å². The zero-order chi connectivity index (χ0) is 15.0. The average Bonchev–Trinajstić information content (AvgIpc) is 3.29. The number of aliphatic hydroxyl groups excluding tert-OH is 1. The van der Waals surface area contributed by atoms with Crippen molar-refractivity contribution in [2.75, 3.05) is 6.54 Å². The Morgan fingerprint density at radius 3 is 2.48 bits per heavy atom. The Balaban J connectivity index is 1.81. The standard InChI is InChI=1S/C19H29NO/c1-13(2)10-11-20(15-8-9-15)18-12-14(3)16-6-4-5-7-17(16)19(18)21/h4-7,13-15,18-19,21H,8-12H2,1-3H3. The average molecular weight is 287 g/mol. The van der Waals surface area contributed by atoms with Gasteiger partial charge in [-0.3, -0.25) is 4.90 Å². The van der Waals surface area contributed by atoms with Crippen LogP contribution in [0.3, 0.4) is 0 Å². The van der Waals surface area contributed by atoms with Crippen molar-refractivity contribution in [2.45, 2.75) is 70.6 Å². The van der Waals surface area contributed by atoms with Crippen LogP contribution in [0, 0.1) is 5.92 Å². The van der Waals surface area contributed by atoms with Crippen molar-refractivity contribution in [1.82, 2.24) is 4.90 Å². The smallest absolute Gasteiger partial charge is 0.0948 e. The van der Waals surface area contributed by atoms with Gasteiger partial charge in [0.1, 0.15) is 0 Å². The van der Waals surface area contributed by atoms with E-state index in [-0.39, 0.29) is 6.10 Å². The minimum atomic E-state index is -0.315. The van der Waals surface area contributed by atoms with Crippen LogP contribution in [0.15, 0.2) is 24.3 Å². The molecule has 3 atom stereocenters. The zero-order valence-electron chi connectivity index (χ0n) is 13.6. The third-order valence-corrected chi connectivity index (χ3v) is 5.21. The summed E-state index contributed by atoms with van der Waals surface area (Å²) < 4.78 is 0. The number of nitrogens with zero attached hydrogens (tertiary/aromatic N) is 1. The molecule has 2 nitrogen and oxygen atoms in total. The van der Waals surface area contributed by atoms with Gasteiger partial charge in [-0.25, -0.2) is 0 Å². The quantitative estimate of drug-likeness (QED) is 0.881. The molecule has 0 aromatic heterocycles. The maximum absolute atomic E-state index is 10.9. The molecule has 3 rings (SSSR count). The first-order chi connectivity index (χ1) is 10.1. The fourth-order valence-electron chi connectivity index (χ4n) is 3.80. The molecule has 21 heavy (non-hydrogen) atoms. The van der Waals surface area contributed by atoms with Crippen LogP contribution < -0.4 is 0 Å². The summed E-state index contributed by atoms with van der Waals surface area (Å²) >= 11 is 0. The van der Waals surface area contributed by atoms with E-state index in [1.54, 1.807) is 0 Å². The molecule has 1 saturated carbocycles. The molecule has 2 heteroatoms. The normalized spacial score (nSPS) is 29.0. The summed E-state index contributed by atoms with van der Waals surface area (Å²) in [5, 5.41) is 10.9. The molecule has 0 spiro atoms. The molecule has 0 heterocycles. The second-order valence-electron chi connectivity index (χ2n) is 7.43. The van der Waals surface area contributed by atoms with Gasteiger partial charge in [-0.2, -0.15) is 0 Å². The van der Waals surface area contributed by atoms with Crippen LogP contribution in [0.4, 0.5) is 0 Å². The highest BCUT2D eigenvalue weighted by Gasteiger charge is 2.41. The molecule has 0 amide bonds. The maximum Gasteiger partial charge on any atom is 0.0948 e. The molecule has 1 fully saturated rings. The molecule has 1 aromatic rings. The van der Waals surface area contributed by atoms with E-state index in [9.17, 15) is 5.11 Å². The molecule has 3 unspecified atom stereocenters. The second-order valence-corrected chi connectivity index (χ2v) is 7.43. The van der Waals surface area contributed by atoms with Crippen molar-refractivity contribution >= 4 is 0 Å². The lowest BCUT2D eigenvalue weighted by atomic mass is 9.78. The van der Waals surface area contributed by atoms with Crippen molar-refractivity contribution in [2.24, 2.45) is 5.92 Å². The molecule has 2 aliphatic rings. The Morgan fingerprint density at radius 2 is 1.86 bits per heavy atom. The monoisotopic (exact) mass is 287 g/mol. The van der Waals surface area contributed by atoms with Crippen LogP contribution in [-0.4, -0.2) is 28.6 Å². The first kappa shape index (κ1) is 15.1. The summed E-state index contributed by atoms with van der Waals surface area (Å²) in [5.41, 5.74) is 2.51. The predicted octanol–water partition coefficient (Wildman–Crippen LogP) is 4.11. The molecule has 0 aliphatic heterocycles. The van der Waals surface area contributed by atoms with E-state index < -0.39 is 0 Å². The highest BCUT2D eigenvalue weighted by Crippen LogP contribution is 2.43. The van der Waals surface area contributed by atoms with Crippen LogP contribution >= 0.6 is 0 Å². The zero-order valence-corrected chi connectivity index (χ0v) is 13.6. The molecule has 0 bridgehead atoms. The minimum absolute atomic E-state index is 0.307. The van der Waals surface area contributed by atoms with Crippen molar-refractivity contribution < 1.29 is 5.11 Å². The minimum Gasteiger partial charge on any atom is -0.387 e. The maximum atomic E-state index is 10.9. The van der Waals surface area contributed by atoms with Gasteiger partial charge in [0.05, 0.1) is 6.10 Å². The lowest BCUT2D eigenvalue weighted by Gasteiger charge is -2.41. The Labute approximate surface area is 129 Å². The molecule has 116 valence electrons. The van der Waals surface area contributed by atoms with E-state index in [1.807, 2.05) is 0 Å². The first-order valence-corrected chi connectivity index (χ1v) is 8.60. The SMILES string of the molecule is CC(C)CCN(C1CC1)C1CC(C)c2ccccc2C1O. The van der Waals surface area contributed by atoms with Gasteiger partial charge in [0.25, 0.3) is 0 Å². The number of fused-ring (bicyclic) bond motifs is 1.